The normalized spacial score (nSPS) is 24.3. The summed E-state index contributed by atoms with van der Waals surface area (Å²) in [5.41, 5.74) is 3.03. The molecular formula is C34H42F6. The minimum atomic E-state index is -4.67. The fourth-order valence-corrected chi connectivity index (χ4v) is 6.78. The van der Waals surface area contributed by atoms with Gasteiger partial charge in [0.05, 0.1) is 6.08 Å². The van der Waals surface area contributed by atoms with Crippen LogP contribution in [0, 0.1) is 23.5 Å². The van der Waals surface area contributed by atoms with Gasteiger partial charge < -0.3 is 0 Å². The molecule has 4 rings (SSSR count). The van der Waals surface area contributed by atoms with E-state index in [4.69, 9.17) is 0 Å². The molecule has 0 N–H and O–H groups in total. The molecule has 2 aromatic carbocycles. The molecule has 2 aliphatic rings. The van der Waals surface area contributed by atoms with Crippen LogP contribution < -0.4 is 0 Å². The minimum absolute atomic E-state index is 0.139. The van der Waals surface area contributed by atoms with Crippen LogP contribution in [0.25, 0.3) is 0 Å². The molecule has 2 aliphatic carbocycles. The maximum absolute atomic E-state index is 15.0. The number of halogens is 6. The van der Waals surface area contributed by atoms with Gasteiger partial charge in [-0.15, -0.1) is 0 Å². The zero-order valence-corrected chi connectivity index (χ0v) is 23.5. The van der Waals surface area contributed by atoms with Crippen molar-refractivity contribution in [3.05, 3.63) is 82.2 Å². The lowest BCUT2D eigenvalue weighted by molar-refractivity contribution is -0.0820. The minimum Gasteiger partial charge on any atom is -0.212 e. The molecule has 0 heterocycles. The van der Waals surface area contributed by atoms with E-state index < -0.39 is 17.9 Å². The van der Waals surface area contributed by atoms with Gasteiger partial charge in [-0.2, -0.15) is 13.2 Å². The molecule has 2 saturated carbocycles. The summed E-state index contributed by atoms with van der Waals surface area (Å²) >= 11 is 0. The van der Waals surface area contributed by atoms with Gasteiger partial charge in [0, 0.05) is 5.92 Å². The number of unbranched alkanes of at least 4 members (excludes halogenated alkanes) is 2. The number of rotatable bonds is 10. The van der Waals surface area contributed by atoms with Gasteiger partial charge in [-0.1, -0.05) is 56.9 Å². The summed E-state index contributed by atoms with van der Waals surface area (Å²) < 4.78 is 81.2. The fraction of sp³-hybridized carbons (Fsp3) is 0.588. The average molecular weight is 565 g/mol. The summed E-state index contributed by atoms with van der Waals surface area (Å²) in [5.74, 6) is -1.33. The fourth-order valence-electron chi connectivity index (χ4n) is 6.78. The van der Waals surface area contributed by atoms with E-state index in [0.717, 1.165) is 29.9 Å². The van der Waals surface area contributed by atoms with Crippen LogP contribution in [0.4, 0.5) is 26.3 Å². The molecule has 0 bridgehead atoms. The first-order valence-corrected chi connectivity index (χ1v) is 15.1. The Morgan fingerprint density at radius 2 is 1.50 bits per heavy atom. The Morgan fingerprint density at radius 1 is 0.800 bits per heavy atom. The van der Waals surface area contributed by atoms with Crippen molar-refractivity contribution in [2.24, 2.45) is 11.8 Å². The number of alkyl halides is 3. The van der Waals surface area contributed by atoms with Crippen molar-refractivity contribution >= 4 is 0 Å². The lowest BCUT2D eigenvalue weighted by atomic mass is 9.77. The van der Waals surface area contributed by atoms with Gasteiger partial charge in [0.15, 0.2) is 0 Å². The van der Waals surface area contributed by atoms with Crippen molar-refractivity contribution in [1.82, 2.24) is 0 Å². The summed E-state index contributed by atoms with van der Waals surface area (Å²) in [4.78, 5) is 0. The number of benzene rings is 2. The topological polar surface area (TPSA) is 0 Å². The predicted molar refractivity (Wildman–Crippen MR) is 149 cm³/mol. The first-order valence-electron chi connectivity index (χ1n) is 15.1. The second-order valence-electron chi connectivity index (χ2n) is 12.0. The zero-order valence-electron chi connectivity index (χ0n) is 23.5. The van der Waals surface area contributed by atoms with Crippen LogP contribution in [0.15, 0.2) is 48.3 Å². The number of aryl methyl sites for hydroxylation is 2. The Balaban J connectivity index is 1.27. The molecule has 2 fully saturated rings. The Hall–Kier alpha value is -2.24. The highest BCUT2D eigenvalue weighted by Crippen LogP contribution is 2.41. The second kappa shape index (κ2) is 14.1. The molecule has 2 aromatic rings. The Bertz CT molecular complexity index is 1120. The van der Waals surface area contributed by atoms with Gasteiger partial charge in [0.1, 0.15) is 17.5 Å². The van der Waals surface area contributed by atoms with E-state index in [0.29, 0.717) is 42.7 Å². The SMILES string of the molecule is CCCCCC1CCC(c2ccc(CCc3ccc(C4CCC(C(F)=CC(F)(F)F)CC4)c(F)c3)c(F)c2)CC1. The molecular weight excluding hydrogens is 522 g/mol. The van der Waals surface area contributed by atoms with Crippen molar-refractivity contribution in [1.29, 1.82) is 0 Å². The molecule has 220 valence electrons. The van der Waals surface area contributed by atoms with Crippen LogP contribution >= 0.6 is 0 Å². The van der Waals surface area contributed by atoms with E-state index in [1.165, 1.54) is 44.6 Å². The van der Waals surface area contributed by atoms with Crippen molar-refractivity contribution in [2.75, 3.05) is 0 Å². The number of allylic oxidation sites excluding steroid dienone is 2. The largest absolute Gasteiger partial charge is 0.412 e. The molecule has 6 heteroatoms. The lowest BCUT2D eigenvalue weighted by Gasteiger charge is -2.29. The smallest absolute Gasteiger partial charge is 0.212 e. The molecule has 0 radical (unpaired) electrons. The van der Waals surface area contributed by atoms with Crippen LogP contribution in [0.5, 0.6) is 0 Å². The molecule has 0 aliphatic heterocycles. The van der Waals surface area contributed by atoms with E-state index in [-0.39, 0.29) is 36.5 Å². The maximum atomic E-state index is 15.0. The van der Waals surface area contributed by atoms with Gasteiger partial charge in [-0.3, -0.25) is 0 Å². The monoisotopic (exact) mass is 564 g/mol. The highest BCUT2D eigenvalue weighted by Gasteiger charge is 2.31. The zero-order chi connectivity index (χ0) is 28.7. The summed E-state index contributed by atoms with van der Waals surface area (Å²) in [6.07, 6.45) is 7.38. The van der Waals surface area contributed by atoms with Crippen molar-refractivity contribution in [3.8, 4) is 0 Å². The Labute approximate surface area is 235 Å². The van der Waals surface area contributed by atoms with Gasteiger partial charge in [-0.25, -0.2) is 13.2 Å². The molecule has 0 unspecified atom stereocenters. The highest BCUT2D eigenvalue weighted by atomic mass is 19.4. The van der Waals surface area contributed by atoms with Gasteiger partial charge in [0.2, 0.25) is 0 Å². The van der Waals surface area contributed by atoms with Crippen LogP contribution in [0.1, 0.15) is 118 Å². The molecule has 0 spiro atoms. The molecule has 0 aromatic heterocycles. The third kappa shape index (κ3) is 8.63. The van der Waals surface area contributed by atoms with Crippen LogP contribution in [-0.2, 0) is 12.8 Å². The summed E-state index contributed by atoms with van der Waals surface area (Å²) in [5, 5.41) is 0. The van der Waals surface area contributed by atoms with Crippen molar-refractivity contribution in [2.45, 2.75) is 115 Å². The Morgan fingerprint density at radius 3 is 2.12 bits per heavy atom. The average Bonchev–Trinajstić information content (AvgIpc) is 2.92. The van der Waals surface area contributed by atoms with E-state index >= 15 is 0 Å². The van der Waals surface area contributed by atoms with Crippen LogP contribution in [-0.4, -0.2) is 6.18 Å². The van der Waals surface area contributed by atoms with E-state index in [1.807, 2.05) is 12.1 Å². The van der Waals surface area contributed by atoms with Gasteiger partial charge in [0.25, 0.3) is 0 Å². The third-order valence-corrected chi connectivity index (χ3v) is 9.22. The standard InChI is InChI=1S/C34H42F6/c1-2-3-4-5-23-6-10-25(11-7-23)29-18-17-27(31(35)21-29)12-8-24-9-19-30(32(36)20-24)26-13-15-28(16-14-26)33(37)22-34(38,39)40/h9,17-23,25-26,28H,2-8,10-16H2,1H3. The van der Waals surface area contributed by atoms with Crippen molar-refractivity contribution in [3.63, 3.8) is 0 Å². The summed E-state index contributed by atoms with van der Waals surface area (Å²) in [6.45, 7) is 2.23. The highest BCUT2D eigenvalue weighted by molar-refractivity contribution is 5.31. The molecule has 40 heavy (non-hydrogen) atoms. The Kier molecular flexibility index (Phi) is 10.8. The molecule has 0 nitrogen and oxygen atoms in total. The number of hydrogen-bond donors (Lipinski definition) is 0. The van der Waals surface area contributed by atoms with E-state index in [2.05, 4.69) is 13.0 Å². The third-order valence-electron chi connectivity index (χ3n) is 9.22. The second-order valence-corrected chi connectivity index (χ2v) is 12.0. The molecule has 0 amide bonds. The molecule has 0 saturated heterocycles. The number of hydrogen-bond acceptors (Lipinski definition) is 0. The van der Waals surface area contributed by atoms with Gasteiger partial charge >= 0.3 is 6.18 Å². The quantitative estimate of drug-likeness (QED) is 0.199. The molecule has 0 atom stereocenters. The summed E-state index contributed by atoms with van der Waals surface area (Å²) in [6, 6.07) is 10.7. The first-order chi connectivity index (χ1) is 19.1. The van der Waals surface area contributed by atoms with E-state index in [1.54, 1.807) is 12.1 Å². The van der Waals surface area contributed by atoms with Crippen LogP contribution in [0.3, 0.4) is 0 Å². The maximum Gasteiger partial charge on any atom is 0.412 e. The van der Waals surface area contributed by atoms with E-state index in [9.17, 15) is 26.3 Å². The summed E-state index contributed by atoms with van der Waals surface area (Å²) in [7, 11) is 0. The van der Waals surface area contributed by atoms with Gasteiger partial charge in [-0.05, 0) is 116 Å². The first kappa shape index (κ1) is 30.7. The lowest BCUT2D eigenvalue weighted by Crippen LogP contribution is -2.16. The predicted octanol–water partition coefficient (Wildman–Crippen LogP) is 11.3. The van der Waals surface area contributed by atoms with Crippen LogP contribution in [0.2, 0.25) is 0 Å². The van der Waals surface area contributed by atoms with Crippen molar-refractivity contribution < 1.29 is 26.3 Å².